The van der Waals surface area contributed by atoms with Gasteiger partial charge in [-0.25, -0.2) is 9.97 Å². The van der Waals surface area contributed by atoms with E-state index in [0.29, 0.717) is 37.3 Å². The lowest BCUT2D eigenvalue weighted by atomic mass is 10.0. The number of benzene rings is 1. The summed E-state index contributed by atoms with van der Waals surface area (Å²) in [5.74, 6) is 2.74. The Kier molecular flexibility index (Phi) is 10.3. The second-order valence-corrected chi connectivity index (χ2v) is 8.48. The summed E-state index contributed by atoms with van der Waals surface area (Å²) in [6, 6.07) is 9.91. The molecular formula is C25H38N4O4. The first kappa shape index (κ1) is 25.4. The molecule has 33 heavy (non-hydrogen) atoms. The molecule has 3 rings (SSSR count). The van der Waals surface area contributed by atoms with E-state index in [2.05, 4.69) is 16.3 Å². The second-order valence-electron chi connectivity index (χ2n) is 8.48. The van der Waals surface area contributed by atoms with Crippen LogP contribution in [0.25, 0.3) is 11.4 Å². The maximum absolute atomic E-state index is 9.96. The van der Waals surface area contributed by atoms with Gasteiger partial charge in [-0.05, 0) is 32.0 Å². The van der Waals surface area contributed by atoms with Crippen LogP contribution in [-0.2, 0) is 9.47 Å². The Hall–Kier alpha value is -2.26. The number of aliphatic hydroxyl groups excluding tert-OH is 1. The summed E-state index contributed by atoms with van der Waals surface area (Å²) >= 11 is 0. The molecule has 0 radical (unpaired) electrons. The number of rotatable bonds is 14. The zero-order valence-corrected chi connectivity index (χ0v) is 20.1. The highest BCUT2D eigenvalue weighted by Crippen LogP contribution is 2.35. The number of nitrogens with zero attached hydrogens (tertiary/aromatic N) is 3. The molecule has 0 saturated heterocycles. The van der Waals surface area contributed by atoms with E-state index in [1.165, 1.54) is 25.7 Å². The Labute approximate surface area is 197 Å². The predicted molar refractivity (Wildman–Crippen MR) is 130 cm³/mol. The lowest BCUT2D eigenvalue weighted by Gasteiger charge is -2.25. The minimum absolute atomic E-state index is 0.223. The van der Waals surface area contributed by atoms with Gasteiger partial charge >= 0.3 is 0 Å². The van der Waals surface area contributed by atoms with Crippen LogP contribution in [-0.4, -0.2) is 81.9 Å². The van der Waals surface area contributed by atoms with Crippen LogP contribution in [0.15, 0.2) is 30.3 Å². The number of hydrogen-bond donors (Lipinski definition) is 2. The summed E-state index contributed by atoms with van der Waals surface area (Å²) in [4.78, 5) is 12.1. The highest BCUT2D eigenvalue weighted by Gasteiger charge is 2.22. The van der Waals surface area contributed by atoms with E-state index < -0.39 is 6.10 Å². The maximum Gasteiger partial charge on any atom is 0.161 e. The molecule has 0 bridgehead atoms. The monoisotopic (exact) mass is 458 g/mol. The van der Waals surface area contributed by atoms with Crippen molar-refractivity contribution in [2.24, 2.45) is 0 Å². The van der Waals surface area contributed by atoms with Gasteiger partial charge in [0.05, 0.1) is 13.2 Å². The van der Waals surface area contributed by atoms with Crippen LogP contribution in [0, 0.1) is 0 Å². The van der Waals surface area contributed by atoms with Gasteiger partial charge in [0.2, 0.25) is 0 Å². The number of likely N-dealkylation sites (N-methyl/N-ethyl adjacent to an activating group) is 1. The van der Waals surface area contributed by atoms with Crippen LogP contribution in [0.3, 0.4) is 0 Å². The lowest BCUT2D eigenvalue weighted by molar-refractivity contribution is 0.108. The van der Waals surface area contributed by atoms with Crippen molar-refractivity contribution in [1.29, 1.82) is 0 Å². The molecule has 0 spiro atoms. The summed E-state index contributed by atoms with van der Waals surface area (Å²) in [5.41, 5.74) is 2.00. The molecule has 8 heteroatoms. The molecule has 1 aliphatic rings. The largest absolute Gasteiger partial charge is 0.491 e. The molecule has 8 nitrogen and oxygen atoms in total. The van der Waals surface area contributed by atoms with Gasteiger partial charge in [0.15, 0.2) is 5.82 Å². The number of aliphatic hydroxyl groups is 1. The molecular weight excluding hydrogens is 420 g/mol. The Balaban J connectivity index is 1.90. The summed E-state index contributed by atoms with van der Waals surface area (Å²) in [7, 11) is 5.23. The number of ether oxygens (including phenoxy) is 3. The molecule has 182 valence electrons. The SMILES string of the molecule is CNCC(O)COc1cccc(-c2nc(C3CCCC3)cc(N(CCOC)CCOC)n2)c1. The predicted octanol–water partition coefficient (Wildman–Crippen LogP) is 2.86. The van der Waals surface area contributed by atoms with Gasteiger partial charge in [0.1, 0.15) is 24.3 Å². The highest BCUT2D eigenvalue weighted by molar-refractivity contribution is 5.60. The third-order valence-corrected chi connectivity index (χ3v) is 5.93. The molecule has 1 saturated carbocycles. The summed E-state index contributed by atoms with van der Waals surface area (Å²) < 4.78 is 16.5. The van der Waals surface area contributed by atoms with Crippen molar-refractivity contribution in [3.05, 3.63) is 36.0 Å². The topological polar surface area (TPSA) is 89.0 Å². The average molecular weight is 459 g/mol. The van der Waals surface area contributed by atoms with Crippen molar-refractivity contribution in [3.63, 3.8) is 0 Å². The van der Waals surface area contributed by atoms with Crippen LogP contribution in [0.5, 0.6) is 5.75 Å². The lowest BCUT2D eigenvalue weighted by Crippen LogP contribution is -2.31. The van der Waals surface area contributed by atoms with E-state index in [0.717, 1.165) is 30.2 Å². The Morgan fingerprint density at radius 1 is 1.09 bits per heavy atom. The summed E-state index contributed by atoms with van der Waals surface area (Å²) in [5, 5.41) is 12.9. The third kappa shape index (κ3) is 7.64. The van der Waals surface area contributed by atoms with Gasteiger partial charge in [-0.1, -0.05) is 25.0 Å². The Bertz CT molecular complexity index is 837. The highest BCUT2D eigenvalue weighted by atomic mass is 16.5. The first-order chi connectivity index (χ1) is 16.1. The van der Waals surface area contributed by atoms with Gasteiger partial charge < -0.3 is 29.5 Å². The van der Waals surface area contributed by atoms with Crippen molar-refractivity contribution in [3.8, 4) is 17.1 Å². The Morgan fingerprint density at radius 3 is 2.48 bits per heavy atom. The van der Waals surface area contributed by atoms with Gasteiger partial charge in [0, 0.05) is 57.1 Å². The minimum Gasteiger partial charge on any atom is -0.491 e. The molecule has 0 amide bonds. The molecule has 1 aromatic heterocycles. The number of hydrogen-bond acceptors (Lipinski definition) is 8. The molecule has 1 unspecified atom stereocenters. The second kappa shape index (κ2) is 13.4. The van der Waals surface area contributed by atoms with E-state index in [9.17, 15) is 5.11 Å². The smallest absolute Gasteiger partial charge is 0.161 e. The zero-order chi connectivity index (χ0) is 23.5. The molecule has 1 aromatic carbocycles. The standard InChI is InChI=1S/C25H38N4O4/c1-26-17-21(30)18-33-22-10-6-9-20(15-22)25-27-23(19-7-4-5-8-19)16-24(28-25)29(11-13-31-2)12-14-32-3/h6,9-10,15-16,19,21,26,30H,4-5,7-8,11-14,17-18H2,1-3H3. The van der Waals surface area contributed by atoms with E-state index in [1.807, 2.05) is 24.3 Å². The summed E-state index contributed by atoms with van der Waals surface area (Å²) in [6.45, 7) is 3.38. The molecule has 1 fully saturated rings. The van der Waals surface area contributed by atoms with Gasteiger partial charge in [-0.2, -0.15) is 0 Å². The first-order valence-electron chi connectivity index (χ1n) is 11.8. The number of anilines is 1. The van der Waals surface area contributed by atoms with Crippen molar-refractivity contribution in [2.75, 3.05) is 65.6 Å². The van der Waals surface area contributed by atoms with Crippen molar-refractivity contribution in [2.45, 2.75) is 37.7 Å². The number of methoxy groups -OCH3 is 2. The summed E-state index contributed by atoms with van der Waals surface area (Å²) in [6.07, 6.45) is 4.25. The van der Waals surface area contributed by atoms with Gasteiger partial charge in [-0.15, -0.1) is 0 Å². The molecule has 2 N–H and O–H groups in total. The average Bonchev–Trinajstić information content (AvgIpc) is 3.38. The van der Waals surface area contributed by atoms with Crippen molar-refractivity contribution >= 4 is 5.82 Å². The van der Waals surface area contributed by atoms with Gasteiger partial charge in [-0.3, -0.25) is 0 Å². The van der Waals surface area contributed by atoms with Crippen LogP contribution >= 0.6 is 0 Å². The third-order valence-electron chi connectivity index (χ3n) is 5.93. The van der Waals surface area contributed by atoms with E-state index in [1.54, 1.807) is 21.3 Å². The minimum atomic E-state index is -0.567. The number of nitrogens with one attached hydrogen (secondary N) is 1. The molecule has 2 aromatic rings. The fourth-order valence-corrected chi connectivity index (χ4v) is 4.13. The van der Waals surface area contributed by atoms with E-state index in [4.69, 9.17) is 24.2 Å². The quantitative estimate of drug-likeness (QED) is 0.447. The van der Waals surface area contributed by atoms with E-state index >= 15 is 0 Å². The van der Waals surface area contributed by atoms with Crippen molar-refractivity contribution < 1.29 is 19.3 Å². The molecule has 0 aliphatic heterocycles. The Morgan fingerprint density at radius 2 is 1.82 bits per heavy atom. The van der Waals surface area contributed by atoms with Gasteiger partial charge in [0.25, 0.3) is 0 Å². The normalized spacial score (nSPS) is 15.0. The zero-order valence-electron chi connectivity index (χ0n) is 20.1. The fraction of sp³-hybridized carbons (Fsp3) is 0.600. The molecule has 1 heterocycles. The first-order valence-corrected chi connectivity index (χ1v) is 11.8. The number of aromatic nitrogens is 2. The molecule has 1 aliphatic carbocycles. The van der Waals surface area contributed by atoms with Crippen LogP contribution in [0.4, 0.5) is 5.82 Å². The maximum atomic E-state index is 9.96. The van der Waals surface area contributed by atoms with E-state index in [-0.39, 0.29) is 6.61 Å². The van der Waals surface area contributed by atoms with Crippen LogP contribution in [0.2, 0.25) is 0 Å². The fourth-order valence-electron chi connectivity index (χ4n) is 4.13. The molecule has 1 atom stereocenters. The van der Waals surface area contributed by atoms with Crippen molar-refractivity contribution in [1.82, 2.24) is 15.3 Å². The van der Waals surface area contributed by atoms with Crippen LogP contribution < -0.4 is 15.0 Å². The van der Waals surface area contributed by atoms with Crippen LogP contribution in [0.1, 0.15) is 37.3 Å².